The van der Waals surface area contributed by atoms with Gasteiger partial charge >= 0.3 is 0 Å². The van der Waals surface area contributed by atoms with Crippen LogP contribution in [0, 0.1) is 0 Å². The highest BCUT2D eigenvalue weighted by Gasteiger charge is 2.13. The van der Waals surface area contributed by atoms with E-state index in [0.29, 0.717) is 5.71 Å². The Morgan fingerprint density at radius 2 is 1.00 bits per heavy atom. The minimum absolute atomic E-state index is 0.596. The Bertz CT molecular complexity index is 942. The van der Waals surface area contributed by atoms with Crippen molar-refractivity contribution in [2.45, 2.75) is 0 Å². The van der Waals surface area contributed by atoms with Gasteiger partial charge in [-0.2, -0.15) is 0 Å². The van der Waals surface area contributed by atoms with Crippen LogP contribution in [-0.2, 0) is 0 Å². The molecule has 110 valence electrons. The van der Waals surface area contributed by atoms with Crippen LogP contribution in [0.25, 0.3) is 21.5 Å². The normalized spacial score (nSPS) is 10.8. The largest absolute Gasteiger partial charge is 0.410 e. The summed E-state index contributed by atoms with van der Waals surface area (Å²) < 4.78 is 0. The SMILES string of the molecule is ON=C(c1cccc2ccccc12)c1cccc2ccccc12. The zero-order valence-electron chi connectivity index (χ0n) is 12.5. The molecule has 0 saturated heterocycles. The second-order valence-electron chi connectivity index (χ2n) is 5.50. The summed E-state index contributed by atoms with van der Waals surface area (Å²) in [5.74, 6) is 0. The van der Waals surface area contributed by atoms with Crippen molar-refractivity contribution >= 4 is 27.3 Å². The fraction of sp³-hybridized carbons (Fsp3) is 0. The van der Waals surface area contributed by atoms with Crippen molar-refractivity contribution in [3.8, 4) is 0 Å². The summed E-state index contributed by atoms with van der Waals surface area (Å²) in [5.41, 5.74) is 2.46. The molecular formula is C21H15NO. The highest BCUT2D eigenvalue weighted by atomic mass is 16.4. The molecule has 0 spiro atoms. The predicted octanol–water partition coefficient (Wildman–Crippen LogP) is 5.22. The average molecular weight is 297 g/mol. The minimum Gasteiger partial charge on any atom is -0.410 e. The van der Waals surface area contributed by atoms with Gasteiger partial charge in [-0.15, -0.1) is 0 Å². The molecule has 0 saturated carbocycles. The molecule has 2 heteroatoms. The maximum absolute atomic E-state index is 9.74. The van der Waals surface area contributed by atoms with Gasteiger partial charge in [0, 0.05) is 11.1 Å². The molecule has 0 unspecified atom stereocenters. The van der Waals surface area contributed by atoms with Gasteiger partial charge in [0.2, 0.25) is 0 Å². The number of oxime groups is 1. The third kappa shape index (κ3) is 2.25. The quantitative estimate of drug-likeness (QED) is 0.307. The lowest BCUT2D eigenvalue weighted by Crippen LogP contribution is -2.05. The third-order valence-electron chi connectivity index (χ3n) is 4.19. The van der Waals surface area contributed by atoms with Crippen LogP contribution in [0.1, 0.15) is 11.1 Å². The molecule has 1 N–H and O–H groups in total. The Kier molecular flexibility index (Phi) is 3.28. The van der Waals surface area contributed by atoms with Gasteiger partial charge in [-0.1, -0.05) is 90.1 Å². The van der Waals surface area contributed by atoms with Gasteiger partial charge in [0.05, 0.1) is 0 Å². The monoisotopic (exact) mass is 297 g/mol. The van der Waals surface area contributed by atoms with Crippen molar-refractivity contribution in [3.63, 3.8) is 0 Å². The van der Waals surface area contributed by atoms with E-state index in [4.69, 9.17) is 0 Å². The van der Waals surface area contributed by atoms with E-state index in [9.17, 15) is 5.21 Å². The standard InChI is InChI=1S/C21H15NO/c23-22-21(19-13-5-9-15-7-1-3-11-17(15)19)20-14-6-10-16-8-2-4-12-18(16)20/h1-14,23H. The highest BCUT2D eigenvalue weighted by molar-refractivity contribution is 6.23. The summed E-state index contributed by atoms with van der Waals surface area (Å²) in [6.07, 6.45) is 0. The summed E-state index contributed by atoms with van der Waals surface area (Å²) >= 11 is 0. The topological polar surface area (TPSA) is 32.6 Å². The Morgan fingerprint density at radius 3 is 1.48 bits per heavy atom. The second-order valence-corrected chi connectivity index (χ2v) is 5.50. The maximum atomic E-state index is 9.74. The molecule has 0 bridgehead atoms. The van der Waals surface area contributed by atoms with Gasteiger partial charge in [0.1, 0.15) is 5.71 Å². The zero-order chi connectivity index (χ0) is 15.6. The van der Waals surface area contributed by atoms with E-state index in [2.05, 4.69) is 41.6 Å². The smallest absolute Gasteiger partial charge is 0.118 e. The summed E-state index contributed by atoms with van der Waals surface area (Å²) in [7, 11) is 0. The van der Waals surface area contributed by atoms with Crippen molar-refractivity contribution < 1.29 is 5.21 Å². The van der Waals surface area contributed by atoms with E-state index in [0.717, 1.165) is 32.7 Å². The number of nitrogens with zero attached hydrogens (tertiary/aromatic N) is 1. The van der Waals surface area contributed by atoms with Crippen molar-refractivity contribution in [1.82, 2.24) is 0 Å². The van der Waals surface area contributed by atoms with Crippen LogP contribution in [0.5, 0.6) is 0 Å². The van der Waals surface area contributed by atoms with E-state index < -0.39 is 0 Å². The van der Waals surface area contributed by atoms with Crippen LogP contribution in [0.2, 0.25) is 0 Å². The summed E-state index contributed by atoms with van der Waals surface area (Å²) in [6, 6.07) is 28.4. The lowest BCUT2D eigenvalue weighted by Gasteiger charge is -2.11. The first kappa shape index (κ1) is 13.5. The summed E-state index contributed by atoms with van der Waals surface area (Å²) in [5, 5.41) is 17.8. The van der Waals surface area contributed by atoms with Gasteiger partial charge in [-0.3, -0.25) is 0 Å². The maximum Gasteiger partial charge on any atom is 0.118 e. The Balaban J connectivity index is 2.02. The highest BCUT2D eigenvalue weighted by Crippen LogP contribution is 2.26. The van der Waals surface area contributed by atoms with Crippen LogP contribution in [-0.4, -0.2) is 10.9 Å². The molecule has 0 aliphatic heterocycles. The van der Waals surface area contributed by atoms with Crippen molar-refractivity contribution in [2.24, 2.45) is 5.16 Å². The molecule has 0 aliphatic carbocycles. The van der Waals surface area contributed by atoms with E-state index in [1.807, 2.05) is 48.5 Å². The van der Waals surface area contributed by atoms with Crippen molar-refractivity contribution in [3.05, 3.63) is 96.1 Å². The molecule has 0 atom stereocenters. The lowest BCUT2D eigenvalue weighted by molar-refractivity contribution is 0.319. The second kappa shape index (κ2) is 5.58. The molecule has 2 nitrogen and oxygen atoms in total. The van der Waals surface area contributed by atoms with Crippen LogP contribution in [0.15, 0.2) is 90.1 Å². The van der Waals surface area contributed by atoms with Gasteiger partial charge in [-0.25, -0.2) is 0 Å². The van der Waals surface area contributed by atoms with Crippen molar-refractivity contribution in [2.75, 3.05) is 0 Å². The predicted molar refractivity (Wildman–Crippen MR) is 95.3 cm³/mol. The van der Waals surface area contributed by atoms with E-state index in [1.165, 1.54) is 0 Å². The molecule has 0 fully saturated rings. The third-order valence-corrected chi connectivity index (χ3v) is 4.19. The molecular weight excluding hydrogens is 282 g/mol. The van der Waals surface area contributed by atoms with Gasteiger partial charge in [-0.05, 0) is 21.5 Å². The average Bonchev–Trinajstić information content (AvgIpc) is 2.63. The van der Waals surface area contributed by atoms with Crippen molar-refractivity contribution in [1.29, 1.82) is 0 Å². The molecule has 4 rings (SSSR count). The first-order valence-corrected chi connectivity index (χ1v) is 7.57. The Morgan fingerprint density at radius 1 is 0.565 bits per heavy atom. The van der Waals surface area contributed by atoms with Crippen LogP contribution in [0.4, 0.5) is 0 Å². The van der Waals surface area contributed by atoms with E-state index in [1.54, 1.807) is 0 Å². The number of benzene rings is 4. The fourth-order valence-electron chi connectivity index (χ4n) is 3.12. The number of fused-ring (bicyclic) bond motifs is 2. The summed E-state index contributed by atoms with van der Waals surface area (Å²) in [6.45, 7) is 0. The lowest BCUT2D eigenvalue weighted by atomic mass is 9.93. The minimum atomic E-state index is 0.596. The number of hydrogen-bond donors (Lipinski definition) is 1. The first-order valence-electron chi connectivity index (χ1n) is 7.57. The van der Waals surface area contributed by atoms with Gasteiger partial charge in [0.15, 0.2) is 0 Å². The molecule has 0 aliphatic rings. The molecule has 0 heterocycles. The molecule has 4 aromatic carbocycles. The van der Waals surface area contributed by atoms with Crippen LogP contribution < -0.4 is 0 Å². The number of rotatable bonds is 2. The molecule has 0 amide bonds. The summed E-state index contributed by atoms with van der Waals surface area (Å²) in [4.78, 5) is 0. The Labute approximate surface area is 134 Å². The first-order chi connectivity index (χ1) is 11.4. The van der Waals surface area contributed by atoms with E-state index >= 15 is 0 Å². The fourth-order valence-corrected chi connectivity index (χ4v) is 3.12. The van der Waals surface area contributed by atoms with Crippen LogP contribution in [0.3, 0.4) is 0 Å². The molecule has 0 radical (unpaired) electrons. The Hall–Kier alpha value is -3.13. The molecule has 23 heavy (non-hydrogen) atoms. The van der Waals surface area contributed by atoms with Gasteiger partial charge in [0.25, 0.3) is 0 Å². The van der Waals surface area contributed by atoms with E-state index in [-0.39, 0.29) is 0 Å². The number of hydrogen-bond acceptors (Lipinski definition) is 2. The molecule has 4 aromatic rings. The molecule has 0 aromatic heterocycles. The van der Waals surface area contributed by atoms with Gasteiger partial charge < -0.3 is 5.21 Å². The zero-order valence-corrected chi connectivity index (χ0v) is 12.5. The van der Waals surface area contributed by atoms with Crippen LogP contribution >= 0.6 is 0 Å².